The van der Waals surface area contributed by atoms with Gasteiger partial charge >= 0.3 is 0 Å². The molecular formula is C23H22N4O4S. The zero-order valence-electron chi connectivity index (χ0n) is 17.5. The van der Waals surface area contributed by atoms with Gasteiger partial charge in [0.2, 0.25) is 5.95 Å². The lowest BCUT2D eigenvalue weighted by atomic mass is 9.99. The van der Waals surface area contributed by atoms with Crippen LogP contribution in [0.4, 0.5) is 11.6 Å². The van der Waals surface area contributed by atoms with E-state index in [4.69, 9.17) is 6.42 Å². The van der Waals surface area contributed by atoms with Crippen LogP contribution in [0, 0.1) is 12.3 Å². The number of hydrogen-bond donors (Lipinski definition) is 2. The molecule has 1 aliphatic heterocycles. The molecule has 0 amide bonds. The first kappa shape index (κ1) is 20.7. The molecule has 0 bridgehead atoms. The SMILES string of the molecule is C#Cc1cc2cnc(Nc3ccc4c(c3)CS(=O)(=O)C4)nc2n([C@@H]2CCC[C@@]2(C)O)c1=O. The highest BCUT2D eigenvalue weighted by Gasteiger charge is 2.39. The van der Waals surface area contributed by atoms with Gasteiger partial charge in [-0.3, -0.25) is 9.36 Å². The summed E-state index contributed by atoms with van der Waals surface area (Å²) in [6.07, 6.45) is 9.15. The van der Waals surface area contributed by atoms with E-state index in [2.05, 4.69) is 21.2 Å². The number of pyridine rings is 1. The number of rotatable bonds is 3. The maximum absolute atomic E-state index is 13.1. The molecule has 0 radical (unpaired) electrons. The van der Waals surface area contributed by atoms with Crippen molar-refractivity contribution in [2.24, 2.45) is 0 Å². The number of terminal acetylenes is 1. The Labute approximate surface area is 185 Å². The van der Waals surface area contributed by atoms with E-state index in [1.165, 1.54) is 4.57 Å². The number of aromatic nitrogens is 3. The Kier molecular flexibility index (Phi) is 4.62. The van der Waals surface area contributed by atoms with E-state index in [1.807, 2.05) is 0 Å². The fourth-order valence-corrected chi connectivity index (χ4v) is 6.34. The molecule has 5 rings (SSSR count). The first-order valence-corrected chi connectivity index (χ1v) is 12.2. The maximum atomic E-state index is 13.1. The van der Waals surface area contributed by atoms with Gasteiger partial charge in [-0.2, -0.15) is 4.98 Å². The Balaban J connectivity index is 1.59. The van der Waals surface area contributed by atoms with Crippen LogP contribution in [0.3, 0.4) is 0 Å². The van der Waals surface area contributed by atoms with Gasteiger partial charge in [0.05, 0.1) is 28.7 Å². The van der Waals surface area contributed by atoms with E-state index < -0.39 is 21.5 Å². The molecular weight excluding hydrogens is 428 g/mol. The van der Waals surface area contributed by atoms with Crippen LogP contribution in [0.5, 0.6) is 0 Å². The molecule has 3 heterocycles. The molecule has 164 valence electrons. The molecule has 1 saturated carbocycles. The Morgan fingerprint density at radius 3 is 2.78 bits per heavy atom. The lowest BCUT2D eigenvalue weighted by molar-refractivity contribution is 0.0266. The quantitative estimate of drug-likeness (QED) is 0.589. The molecule has 1 aromatic carbocycles. The summed E-state index contributed by atoms with van der Waals surface area (Å²) in [6.45, 7) is 1.73. The van der Waals surface area contributed by atoms with Crippen molar-refractivity contribution in [1.29, 1.82) is 0 Å². The summed E-state index contributed by atoms with van der Waals surface area (Å²) in [4.78, 5) is 22.0. The van der Waals surface area contributed by atoms with Gasteiger partial charge in [0.1, 0.15) is 5.65 Å². The maximum Gasteiger partial charge on any atom is 0.268 e. The predicted molar refractivity (Wildman–Crippen MR) is 121 cm³/mol. The molecule has 2 aromatic heterocycles. The Bertz CT molecular complexity index is 1470. The molecule has 1 aliphatic carbocycles. The van der Waals surface area contributed by atoms with Crippen molar-refractivity contribution in [3.63, 3.8) is 0 Å². The number of nitrogens with zero attached hydrogens (tertiary/aromatic N) is 3. The summed E-state index contributed by atoms with van der Waals surface area (Å²) >= 11 is 0. The van der Waals surface area contributed by atoms with Crippen LogP contribution in [0.1, 0.15) is 48.9 Å². The van der Waals surface area contributed by atoms with Gasteiger partial charge in [-0.1, -0.05) is 12.0 Å². The van der Waals surface area contributed by atoms with Gasteiger partial charge in [-0.15, -0.1) is 6.42 Å². The fraction of sp³-hybridized carbons (Fsp3) is 0.348. The molecule has 32 heavy (non-hydrogen) atoms. The van der Waals surface area contributed by atoms with E-state index in [-0.39, 0.29) is 28.6 Å². The van der Waals surface area contributed by atoms with Crippen LogP contribution >= 0.6 is 0 Å². The molecule has 8 nitrogen and oxygen atoms in total. The number of sulfone groups is 1. The summed E-state index contributed by atoms with van der Waals surface area (Å²) in [7, 11) is -3.10. The monoisotopic (exact) mass is 450 g/mol. The van der Waals surface area contributed by atoms with Crippen LogP contribution in [0.15, 0.2) is 35.3 Å². The average molecular weight is 451 g/mol. The normalized spacial score (nSPS) is 23.7. The summed E-state index contributed by atoms with van der Waals surface area (Å²) in [5, 5.41) is 14.6. The molecule has 0 spiro atoms. The third kappa shape index (κ3) is 3.45. The number of nitrogens with one attached hydrogen (secondary N) is 1. The number of anilines is 2. The van der Waals surface area contributed by atoms with Crippen molar-refractivity contribution >= 4 is 32.5 Å². The highest BCUT2D eigenvalue weighted by molar-refractivity contribution is 7.90. The second-order valence-corrected chi connectivity index (χ2v) is 10.8. The standard InChI is InChI=1S/C23H22N4O4S/c1-3-14-9-16-11-24-22(25-18-7-6-15-12-32(30,31)13-17(15)10-18)26-20(16)27(21(14)28)19-5-4-8-23(19,2)29/h1,6-7,9-11,19,29H,4-5,8,12-13H2,2H3,(H,24,25,26)/t19-,23-/m1/s1. The summed E-state index contributed by atoms with van der Waals surface area (Å²) in [5.41, 5.74) is 1.39. The average Bonchev–Trinajstić information content (AvgIpc) is 3.23. The van der Waals surface area contributed by atoms with Crippen LogP contribution in [0.25, 0.3) is 11.0 Å². The minimum atomic E-state index is -3.10. The zero-order chi connectivity index (χ0) is 22.7. The topological polar surface area (TPSA) is 114 Å². The second kappa shape index (κ2) is 7.15. The van der Waals surface area contributed by atoms with Gasteiger partial charge in [0.25, 0.3) is 5.56 Å². The van der Waals surface area contributed by atoms with Crippen molar-refractivity contribution < 1.29 is 13.5 Å². The van der Waals surface area contributed by atoms with E-state index in [1.54, 1.807) is 37.4 Å². The van der Waals surface area contributed by atoms with Crippen LogP contribution in [-0.2, 0) is 21.3 Å². The molecule has 1 fully saturated rings. The number of hydrogen-bond acceptors (Lipinski definition) is 7. The third-order valence-corrected chi connectivity index (χ3v) is 7.83. The smallest absolute Gasteiger partial charge is 0.268 e. The van der Waals surface area contributed by atoms with Crippen molar-refractivity contribution in [3.05, 3.63) is 57.5 Å². The van der Waals surface area contributed by atoms with Gasteiger partial charge in [0, 0.05) is 17.3 Å². The predicted octanol–water partition coefficient (Wildman–Crippen LogP) is 2.42. The van der Waals surface area contributed by atoms with Crippen molar-refractivity contribution in [1.82, 2.24) is 14.5 Å². The van der Waals surface area contributed by atoms with Gasteiger partial charge in [-0.05, 0) is 55.5 Å². The molecule has 2 atom stereocenters. The van der Waals surface area contributed by atoms with Gasteiger partial charge in [-0.25, -0.2) is 13.4 Å². The molecule has 0 saturated heterocycles. The van der Waals surface area contributed by atoms with Crippen LogP contribution in [0.2, 0.25) is 0 Å². The van der Waals surface area contributed by atoms with E-state index in [9.17, 15) is 18.3 Å². The highest BCUT2D eigenvalue weighted by atomic mass is 32.2. The van der Waals surface area contributed by atoms with E-state index >= 15 is 0 Å². The lowest BCUT2D eigenvalue weighted by Crippen LogP contribution is -2.38. The van der Waals surface area contributed by atoms with Crippen molar-refractivity contribution in [2.75, 3.05) is 5.32 Å². The largest absolute Gasteiger partial charge is 0.388 e. The Morgan fingerprint density at radius 1 is 1.28 bits per heavy atom. The van der Waals surface area contributed by atoms with Crippen LogP contribution < -0.4 is 10.9 Å². The molecule has 9 heteroatoms. The van der Waals surface area contributed by atoms with E-state index in [0.717, 1.165) is 17.5 Å². The van der Waals surface area contributed by atoms with Crippen molar-refractivity contribution in [3.8, 4) is 12.3 Å². The summed E-state index contributed by atoms with van der Waals surface area (Å²) < 4.78 is 25.3. The Hall–Kier alpha value is -3.22. The highest BCUT2D eigenvalue weighted by Crippen LogP contribution is 2.39. The van der Waals surface area contributed by atoms with Crippen molar-refractivity contribution in [2.45, 2.75) is 49.3 Å². The fourth-order valence-electron chi connectivity index (χ4n) is 4.74. The second-order valence-electron chi connectivity index (χ2n) is 8.76. The number of aliphatic hydroxyl groups is 1. The molecule has 0 unspecified atom stereocenters. The number of benzene rings is 1. The van der Waals surface area contributed by atoms with E-state index in [0.29, 0.717) is 29.6 Å². The molecule has 2 N–H and O–H groups in total. The first-order chi connectivity index (χ1) is 15.2. The molecule has 2 aliphatic rings. The Morgan fingerprint density at radius 2 is 2.06 bits per heavy atom. The van der Waals surface area contributed by atoms with Gasteiger partial charge in [0.15, 0.2) is 9.84 Å². The summed E-state index contributed by atoms with van der Waals surface area (Å²) in [6, 6.07) is 6.49. The number of fused-ring (bicyclic) bond motifs is 2. The lowest BCUT2D eigenvalue weighted by Gasteiger charge is -2.28. The molecule has 3 aromatic rings. The first-order valence-electron chi connectivity index (χ1n) is 10.4. The van der Waals surface area contributed by atoms with Crippen LogP contribution in [-0.4, -0.2) is 33.7 Å². The zero-order valence-corrected chi connectivity index (χ0v) is 18.3. The van der Waals surface area contributed by atoms with Gasteiger partial charge < -0.3 is 10.4 Å². The third-order valence-electron chi connectivity index (χ3n) is 6.33. The summed E-state index contributed by atoms with van der Waals surface area (Å²) in [5.74, 6) is 2.76. The minimum Gasteiger partial charge on any atom is -0.388 e. The minimum absolute atomic E-state index is 0.0155.